The van der Waals surface area contributed by atoms with Gasteiger partial charge in [0, 0.05) is 19.6 Å². The van der Waals surface area contributed by atoms with Crippen LogP contribution in [0.15, 0.2) is 24.3 Å². The summed E-state index contributed by atoms with van der Waals surface area (Å²) in [6, 6.07) is 8.01. The first kappa shape index (κ1) is 24.1. The van der Waals surface area contributed by atoms with E-state index in [4.69, 9.17) is 14.0 Å². The fourth-order valence-electron chi connectivity index (χ4n) is 4.38. The zero-order valence-electron chi connectivity index (χ0n) is 20.1. The van der Waals surface area contributed by atoms with E-state index in [9.17, 15) is 9.90 Å². The normalized spacial score (nSPS) is 26.3. The number of benzene rings is 1. The van der Waals surface area contributed by atoms with Crippen LogP contribution in [0.1, 0.15) is 79.3 Å². The summed E-state index contributed by atoms with van der Waals surface area (Å²) in [6.45, 7) is 15.1. The summed E-state index contributed by atoms with van der Waals surface area (Å²) in [7, 11) is -0.396. The van der Waals surface area contributed by atoms with Crippen LogP contribution in [0.5, 0.6) is 0 Å². The smallest absolute Gasteiger partial charge is 0.442 e. The molecule has 7 heteroatoms. The summed E-state index contributed by atoms with van der Waals surface area (Å²) in [4.78, 5) is 14.7. The molecule has 6 nitrogen and oxygen atoms in total. The van der Waals surface area contributed by atoms with Crippen LogP contribution in [-0.4, -0.2) is 53.2 Å². The first-order valence-electron chi connectivity index (χ1n) is 11.5. The van der Waals surface area contributed by atoms with Crippen LogP contribution >= 0.6 is 0 Å². The van der Waals surface area contributed by atoms with Gasteiger partial charge in [-0.05, 0) is 64.4 Å². The van der Waals surface area contributed by atoms with Crippen molar-refractivity contribution in [2.75, 3.05) is 13.2 Å². The highest BCUT2D eigenvalue weighted by Crippen LogP contribution is 2.38. The lowest BCUT2D eigenvalue weighted by molar-refractivity contribution is -0.0894. The Morgan fingerprint density at radius 1 is 1.06 bits per heavy atom. The molecule has 3 rings (SSSR count). The van der Waals surface area contributed by atoms with Gasteiger partial charge >= 0.3 is 13.2 Å². The Morgan fingerprint density at radius 3 is 2.13 bits per heavy atom. The second-order valence-corrected chi connectivity index (χ2v) is 10.3. The molecule has 31 heavy (non-hydrogen) atoms. The fraction of sp³-hybridized carbons (Fsp3) is 0.708. The van der Waals surface area contributed by atoms with Crippen molar-refractivity contribution in [1.29, 1.82) is 0 Å². The molecule has 0 aliphatic carbocycles. The van der Waals surface area contributed by atoms with Gasteiger partial charge in [-0.2, -0.15) is 0 Å². The molecule has 2 aliphatic heterocycles. The van der Waals surface area contributed by atoms with E-state index in [-0.39, 0.29) is 35.9 Å². The van der Waals surface area contributed by atoms with Crippen LogP contribution in [0.2, 0.25) is 0 Å². The lowest BCUT2D eigenvalue weighted by Crippen LogP contribution is -2.52. The van der Waals surface area contributed by atoms with Gasteiger partial charge in [0.05, 0.1) is 17.2 Å². The summed E-state index contributed by atoms with van der Waals surface area (Å²) in [5, 5.41) is 9.24. The van der Waals surface area contributed by atoms with Crippen molar-refractivity contribution < 1.29 is 23.9 Å². The molecule has 1 aromatic rings. The quantitative estimate of drug-likeness (QED) is 0.660. The Labute approximate surface area is 187 Å². The van der Waals surface area contributed by atoms with Gasteiger partial charge in [-0.15, -0.1) is 0 Å². The number of aliphatic hydroxyl groups excluding tert-OH is 1. The second-order valence-electron chi connectivity index (χ2n) is 10.3. The van der Waals surface area contributed by atoms with Crippen molar-refractivity contribution >= 4 is 18.7 Å². The number of rotatable bonds is 7. The zero-order chi connectivity index (χ0) is 23.0. The SMILES string of the molecule is CC(C)C1(CCCO)CCN([C@@H](C)c2ccc(B3OC(C)(C)C(C)(C)O3)cc2)C(=O)O1. The molecule has 2 atom stereocenters. The number of ether oxygens (including phenoxy) is 1. The number of carbonyl (C=O) groups excluding carboxylic acids is 1. The van der Waals surface area contributed by atoms with Crippen molar-refractivity contribution in [2.24, 2.45) is 5.92 Å². The minimum Gasteiger partial charge on any atom is -0.442 e. The summed E-state index contributed by atoms with van der Waals surface area (Å²) in [5.74, 6) is 0.208. The molecule has 2 fully saturated rings. The summed E-state index contributed by atoms with van der Waals surface area (Å²) in [6.07, 6.45) is 1.83. The van der Waals surface area contributed by atoms with E-state index in [1.807, 2.05) is 58.9 Å². The van der Waals surface area contributed by atoms with Crippen LogP contribution in [0.3, 0.4) is 0 Å². The maximum absolute atomic E-state index is 12.9. The first-order chi connectivity index (χ1) is 14.4. The lowest BCUT2D eigenvalue weighted by atomic mass is 9.78. The standard InChI is InChI=1S/C24H38BNO5/c1-17(2)24(13-8-16-27)14-15-26(21(28)29-24)18(3)19-9-11-20(12-10-19)25-30-22(4,5)23(6,7)31-25/h9-12,17-18,27H,8,13-16H2,1-7H3/t18-,24?/m0/s1. The van der Waals surface area contributed by atoms with Crippen LogP contribution in [-0.2, 0) is 14.0 Å². The van der Waals surface area contributed by atoms with Gasteiger partial charge < -0.3 is 24.1 Å². The molecular weight excluding hydrogens is 393 g/mol. The number of hydrogen-bond donors (Lipinski definition) is 1. The summed E-state index contributed by atoms with van der Waals surface area (Å²) < 4.78 is 18.3. The molecule has 172 valence electrons. The third-order valence-corrected chi connectivity index (χ3v) is 7.52. The van der Waals surface area contributed by atoms with Gasteiger partial charge in [0.1, 0.15) is 5.60 Å². The van der Waals surface area contributed by atoms with Crippen LogP contribution in [0, 0.1) is 5.92 Å². The molecule has 2 aliphatic rings. The van der Waals surface area contributed by atoms with Gasteiger partial charge in [0.25, 0.3) is 0 Å². The van der Waals surface area contributed by atoms with Gasteiger partial charge in [0.2, 0.25) is 0 Å². The molecule has 0 saturated carbocycles. The van der Waals surface area contributed by atoms with E-state index in [1.165, 1.54) is 0 Å². The minimum atomic E-state index is -0.489. The van der Waals surface area contributed by atoms with E-state index in [0.29, 0.717) is 19.4 Å². The monoisotopic (exact) mass is 431 g/mol. The Bertz CT molecular complexity index is 763. The maximum Gasteiger partial charge on any atom is 0.494 e. The van der Waals surface area contributed by atoms with Crippen molar-refractivity contribution in [3.63, 3.8) is 0 Å². The average molecular weight is 431 g/mol. The molecule has 2 saturated heterocycles. The van der Waals surface area contributed by atoms with Crippen molar-refractivity contribution in [1.82, 2.24) is 4.90 Å². The van der Waals surface area contributed by atoms with E-state index in [0.717, 1.165) is 17.4 Å². The summed E-state index contributed by atoms with van der Waals surface area (Å²) in [5.41, 5.74) is 0.778. The third kappa shape index (κ3) is 4.64. The first-order valence-corrected chi connectivity index (χ1v) is 11.5. The molecular formula is C24H38BNO5. The molecule has 0 bridgehead atoms. The average Bonchev–Trinajstić information content (AvgIpc) is 2.93. The molecule has 1 unspecified atom stereocenters. The van der Waals surface area contributed by atoms with Gasteiger partial charge in [-0.1, -0.05) is 38.1 Å². The van der Waals surface area contributed by atoms with Crippen molar-refractivity contribution in [3.8, 4) is 0 Å². The van der Waals surface area contributed by atoms with Gasteiger partial charge in [-0.3, -0.25) is 0 Å². The highest BCUT2D eigenvalue weighted by atomic mass is 16.7. The number of amides is 1. The Kier molecular flexibility index (Phi) is 6.80. The maximum atomic E-state index is 12.9. The molecule has 1 N–H and O–H groups in total. The number of carbonyl (C=O) groups is 1. The van der Waals surface area contributed by atoms with Gasteiger partial charge in [-0.25, -0.2) is 4.79 Å². The van der Waals surface area contributed by atoms with Gasteiger partial charge in [0.15, 0.2) is 0 Å². The van der Waals surface area contributed by atoms with Crippen LogP contribution in [0.25, 0.3) is 0 Å². The zero-order valence-corrected chi connectivity index (χ0v) is 20.1. The molecule has 2 heterocycles. The third-order valence-electron chi connectivity index (χ3n) is 7.52. The molecule has 0 radical (unpaired) electrons. The largest absolute Gasteiger partial charge is 0.494 e. The van der Waals surface area contributed by atoms with Crippen molar-refractivity contribution in [2.45, 2.75) is 90.6 Å². The van der Waals surface area contributed by atoms with E-state index >= 15 is 0 Å². The Balaban J connectivity index is 1.69. The fourth-order valence-corrected chi connectivity index (χ4v) is 4.38. The van der Waals surface area contributed by atoms with Crippen LogP contribution < -0.4 is 5.46 Å². The van der Waals surface area contributed by atoms with E-state index in [1.54, 1.807) is 4.90 Å². The molecule has 0 spiro atoms. The Hall–Kier alpha value is -1.57. The summed E-state index contributed by atoms with van der Waals surface area (Å²) >= 11 is 0. The highest BCUT2D eigenvalue weighted by Gasteiger charge is 2.51. The number of hydrogen-bond acceptors (Lipinski definition) is 5. The second kappa shape index (κ2) is 8.76. The van der Waals surface area contributed by atoms with E-state index < -0.39 is 12.7 Å². The Morgan fingerprint density at radius 2 is 1.65 bits per heavy atom. The number of cyclic esters (lactones) is 1. The molecule has 1 amide bonds. The predicted octanol–water partition coefficient (Wildman–Crippen LogP) is 4.06. The van der Waals surface area contributed by atoms with Crippen molar-refractivity contribution in [3.05, 3.63) is 29.8 Å². The molecule has 1 aromatic carbocycles. The topological polar surface area (TPSA) is 68.2 Å². The predicted molar refractivity (Wildman–Crippen MR) is 122 cm³/mol. The number of aliphatic hydroxyl groups is 1. The molecule has 0 aromatic heterocycles. The van der Waals surface area contributed by atoms with Crippen LogP contribution in [0.4, 0.5) is 4.79 Å². The highest BCUT2D eigenvalue weighted by molar-refractivity contribution is 6.62. The van der Waals surface area contributed by atoms with E-state index in [2.05, 4.69) is 13.8 Å². The lowest BCUT2D eigenvalue weighted by Gasteiger charge is -2.45. The minimum absolute atomic E-state index is 0.0946. The number of nitrogens with zero attached hydrogens (tertiary/aromatic N) is 1.